The smallest absolute Gasteiger partial charge is 0.137 e. The van der Waals surface area contributed by atoms with Crippen molar-refractivity contribution >= 4 is 68.2 Å². The molecular formula is C90H60F2N2O3. The summed E-state index contributed by atoms with van der Waals surface area (Å²) in [5.74, 6) is 2.22. The van der Waals surface area contributed by atoms with E-state index >= 15 is 8.78 Å². The summed E-state index contributed by atoms with van der Waals surface area (Å²) in [6.07, 6.45) is 3.63. The third-order valence-electron chi connectivity index (χ3n) is 19.4. The Kier molecular flexibility index (Phi) is 14.3. The Morgan fingerprint density at radius 2 is 0.598 bits per heavy atom. The predicted molar refractivity (Wildman–Crippen MR) is 391 cm³/mol. The number of hydrogen-bond acceptors (Lipinski definition) is 5. The molecule has 0 radical (unpaired) electrons. The zero-order valence-corrected chi connectivity index (χ0v) is 52.6. The highest BCUT2D eigenvalue weighted by atomic mass is 19.1. The minimum atomic E-state index is -0.852. The first-order valence-corrected chi connectivity index (χ1v) is 32.4. The van der Waals surface area contributed by atoms with Crippen LogP contribution in [0.5, 0.6) is 23.0 Å². The van der Waals surface area contributed by atoms with Crippen LogP contribution < -0.4 is 19.3 Å². The minimum Gasteiger partial charge on any atom is -0.457 e. The van der Waals surface area contributed by atoms with Gasteiger partial charge in [0.15, 0.2) is 0 Å². The molecule has 2 unspecified atom stereocenters. The molecule has 2 atom stereocenters. The predicted octanol–water partition coefficient (Wildman–Crippen LogP) is 24.4. The zero-order chi connectivity index (χ0) is 65.2. The van der Waals surface area contributed by atoms with Crippen LogP contribution in [0.4, 0.5) is 42.9 Å². The number of nitrogens with zero attached hydrogens (tertiary/aromatic N) is 2. The van der Waals surface area contributed by atoms with Gasteiger partial charge in [-0.2, -0.15) is 0 Å². The van der Waals surface area contributed by atoms with Crippen molar-refractivity contribution in [3.05, 3.63) is 408 Å². The van der Waals surface area contributed by atoms with E-state index in [-0.39, 0.29) is 11.6 Å². The Bertz CT molecular complexity index is 5160. The number of rotatable bonds is 16. The highest BCUT2D eigenvalue weighted by Gasteiger charge is 2.48. The first-order valence-electron chi connectivity index (χ1n) is 32.4. The van der Waals surface area contributed by atoms with Gasteiger partial charge in [-0.25, -0.2) is 8.78 Å². The summed E-state index contributed by atoms with van der Waals surface area (Å²) in [6.45, 7) is 7.81. The van der Waals surface area contributed by atoms with E-state index in [1.165, 1.54) is 0 Å². The van der Waals surface area contributed by atoms with Crippen molar-refractivity contribution in [2.75, 3.05) is 9.80 Å². The highest BCUT2D eigenvalue weighted by molar-refractivity contribution is 6.07. The lowest BCUT2D eigenvalue weighted by Gasteiger charge is -2.35. The van der Waals surface area contributed by atoms with E-state index in [4.69, 9.17) is 13.9 Å². The van der Waals surface area contributed by atoms with Gasteiger partial charge in [0.05, 0.1) is 10.8 Å². The lowest BCUT2D eigenvalue weighted by atomic mass is 9.67. The second-order valence-electron chi connectivity index (χ2n) is 24.7. The summed E-state index contributed by atoms with van der Waals surface area (Å²) in [6, 6.07) is 111. The molecule has 0 fully saturated rings. The van der Waals surface area contributed by atoms with Gasteiger partial charge in [0.25, 0.3) is 0 Å². The molecule has 0 saturated heterocycles. The second kappa shape index (κ2) is 23.8. The van der Waals surface area contributed by atoms with E-state index < -0.39 is 10.8 Å². The summed E-state index contributed by atoms with van der Waals surface area (Å²) in [7, 11) is 0. The van der Waals surface area contributed by atoms with Gasteiger partial charge >= 0.3 is 0 Å². The van der Waals surface area contributed by atoms with E-state index in [0.29, 0.717) is 11.5 Å². The maximum absolute atomic E-state index is 15.1. The second-order valence-corrected chi connectivity index (χ2v) is 24.7. The number of halogens is 2. The number of anilines is 6. The molecule has 1 heterocycles. The van der Waals surface area contributed by atoms with Crippen molar-refractivity contribution in [3.63, 3.8) is 0 Å². The van der Waals surface area contributed by atoms with Gasteiger partial charge in [-0.05, 0) is 223 Å². The zero-order valence-electron chi connectivity index (χ0n) is 52.6. The Hall–Kier alpha value is -12.6. The Morgan fingerprint density at radius 1 is 0.289 bits per heavy atom. The summed E-state index contributed by atoms with van der Waals surface area (Å²) >= 11 is 0. The molecule has 0 saturated carbocycles. The third kappa shape index (κ3) is 9.81. The van der Waals surface area contributed by atoms with Crippen molar-refractivity contribution in [2.45, 2.75) is 10.8 Å². The highest BCUT2D eigenvalue weighted by Crippen LogP contribution is 2.60. The molecule has 7 heteroatoms. The number of hydrogen-bond donors (Lipinski definition) is 0. The molecule has 0 amide bonds. The largest absolute Gasteiger partial charge is 0.457 e. The van der Waals surface area contributed by atoms with Crippen LogP contribution in [0, 0.1) is 11.6 Å². The molecule has 0 N–H and O–H groups in total. The molecule has 2 aliphatic carbocycles. The molecule has 15 aromatic rings. The van der Waals surface area contributed by atoms with Crippen molar-refractivity contribution in [1.29, 1.82) is 0 Å². The molecule has 0 aliphatic heterocycles. The van der Waals surface area contributed by atoms with Gasteiger partial charge in [-0.15, -0.1) is 0 Å². The van der Waals surface area contributed by atoms with Crippen molar-refractivity contribution in [3.8, 4) is 45.3 Å². The maximum Gasteiger partial charge on any atom is 0.137 e. The van der Waals surface area contributed by atoms with Gasteiger partial charge in [-0.3, -0.25) is 0 Å². The quantitative estimate of drug-likeness (QED) is 0.0964. The van der Waals surface area contributed by atoms with Gasteiger partial charge in [0.1, 0.15) is 45.8 Å². The van der Waals surface area contributed by atoms with Gasteiger partial charge in [-0.1, -0.05) is 195 Å². The molecule has 0 bridgehead atoms. The molecule has 5 nitrogen and oxygen atoms in total. The van der Waals surface area contributed by atoms with E-state index in [2.05, 4.69) is 217 Å². The lowest BCUT2D eigenvalue weighted by Crippen LogP contribution is -2.28. The third-order valence-corrected chi connectivity index (χ3v) is 19.4. The molecule has 0 spiro atoms. The van der Waals surface area contributed by atoms with Crippen LogP contribution in [-0.2, 0) is 10.8 Å². The fraction of sp³-hybridized carbons (Fsp3) is 0.0222. The van der Waals surface area contributed by atoms with Crippen LogP contribution in [0.25, 0.3) is 56.3 Å². The van der Waals surface area contributed by atoms with Crippen molar-refractivity contribution in [1.82, 2.24) is 0 Å². The number of ether oxygens (including phenoxy) is 2. The van der Waals surface area contributed by atoms with Crippen LogP contribution in [0.2, 0.25) is 0 Å². The normalized spacial score (nSPS) is 14.9. The van der Waals surface area contributed by atoms with Crippen molar-refractivity contribution in [2.24, 2.45) is 0 Å². The van der Waals surface area contributed by atoms with Gasteiger partial charge in [0, 0.05) is 57.0 Å². The fourth-order valence-corrected chi connectivity index (χ4v) is 15.0. The topological polar surface area (TPSA) is 38.1 Å². The lowest BCUT2D eigenvalue weighted by molar-refractivity contribution is 0.482. The van der Waals surface area contributed by atoms with E-state index in [9.17, 15) is 0 Å². The number of para-hydroxylation sites is 2. The minimum absolute atomic E-state index is 0.305. The Labute approximate surface area is 561 Å². The first-order chi connectivity index (χ1) is 47.7. The molecule has 17 rings (SSSR count). The number of furan rings is 1. The summed E-state index contributed by atoms with van der Waals surface area (Å²) in [5.41, 5.74) is 20.0. The fourth-order valence-electron chi connectivity index (χ4n) is 15.0. The first kappa shape index (κ1) is 58.3. The van der Waals surface area contributed by atoms with Crippen LogP contribution in [0.1, 0.15) is 55.6 Å². The van der Waals surface area contributed by atoms with E-state index in [0.717, 1.165) is 145 Å². The average Bonchev–Trinajstić information content (AvgIpc) is 1.59. The summed E-state index contributed by atoms with van der Waals surface area (Å²) < 4.78 is 50.2. The molecule has 462 valence electrons. The van der Waals surface area contributed by atoms with Gasteiger partial charge < -0.3 is 23.7 Å². The van der Waals surface area contributed by atoms with E-state index in [1.54, 1.807) is 24.3 Å². The summed E-state index contributed by atoms with van der Waals surface area (Å²) in [5, 5.41) is 1.96. The SMILES string of the molecule is C=Cc1ccc(Oc2ccc(C3(c4ccc(F)cc4)c4ccccc4-c4ccc(N(c5ccccc5)c5ccc6c(c5)oc5cc(N(c7ccccc7)c7ccc8c(c7)C(c7ccc(F)cc7)(c7ccc(Oc9ccc(C=C)cc9)cc7)c7ccccc7-8)ccc56)cc43)cc2)cc1. The van der Waals surface area contributed by atoms with Crippen LogP contribution in [0.15, 0.2) is 345 Å². The monoisotopic (exact) mass is 1250 g/mol. The summed E-state index contributed by atoms with van der Waals surface area (Å²) in [4.78, 5) is 4.57. The van der Waals surface area contributed by atoms with Crippen LogP contribution >= 0.6 is 0 Å². The molecule has 1 aromatic heterocycles. The molecule has 97 heavy (non-hydrogen) atoms. The van der Waals surface area contributed by atoms with Crippen molar-refractivity contribution < 1.29 is 22.7 Å². The van der Waals surface area contributed by atoms with Crippen LogP contribution in [-0.4, -0.2) is 0 Å². The number of benzene rings is 14. The average molecular weight is 1260 g/mol. The Balaban J connectivity index is 0.774. The maximum atomic E-state index is 15.1. The molecule has 14 aromatic carbocycles. The number of fused-ring (bicyclic) bond motifs is 9. The molecule has 2 aliphatic rings. The Morgan fingerprint density at radius 3 is 0.969 bits per heavy atom. The van der Waals surface area contributed by atoms with E-state index in [1.807, 2.05) is 121 Å². The molecular weight excluding hydrogens is 1190 g/mol. The van der Waals surface area contributed by atoms with Gasteiger partial charge in [0.2, 0.25) is 0 Å². The standard InChI is InChI=1S/C90H60F2N2O3/c1-3-59-23-43-73(44-24-59)95-75-47-31-63(32-48-75)89(61-27-35-65(91)36-28-61)83-21-13-11-19-77(83)79-51-39-69(55-85(79)89)93(67-15-7-5-8-16-67)71-41-53-81-82-54-42-72(58-88(82)97-87(81)57-71)94(68-17-9-6-10-18-68)70-40-52-80-78-20-12-14-22-84(78)90(86(80)56-70,62-29-37-66(92)38-30-62)64-33-49-76(50-34-64)96-74-45-25-60(4-2)26-46-74/h3-58H,1-2H2. The van der Waals surface area contributed by atoms with Crippen LogP contribution in [0.3, 0.4) is 0 Å².